The quantitative estimate of drug-likeness (QED) is 0.240. The van der Waals surface area contributed by atoms with Crippen LogP contribution in [0.5, 0.6) is 11.5 Å². The Morgan fingerprint density at radius 3 is 2.32 bits per heavy atom. The molecule has 41 heavy (non-hydrogen) atoms. The molecule has 11 atom stereocenters. The van der Waals surface area contributed by atoms with E-state index in [4.69, 9.17) is 23.7 Å². The molecule has 1 aromatic rings. The predicted octanol–water partition coefficient (Wildman–Crippen LogP) is 0.393. The molecule has 13 nitrogen and oxygen atoms in total. The van der Waals surface area contributed by atoms with Crippen LogP contribution < -0.4 is 0 Å². The van der Waals surface area contributed by atoms with Gasteiger partial charge in [-0.15, -0.1) is 0 Å². The van der Waals surface area contributed by atoms with Gasteiger partial charge in [0.2, 0.25) is 22.8 Å². The molecule has 5 N–H and O–H groups in total. The van der Waals surface area contributed by atoms with Crippen LogP contribution in [0.15, 0.2) is 0 Å². The monoisotopic (exact) mass is 576 g/mol. The summed E-state index contributed by atoms with van der Waals surface area (Å²) in [7, 11) is 0. The minimum absolute atomic E-state index is 0.00950. The van der Waals surface area contributed by atoms with Gasteiger partial charge in [0, 0.05) is 30.4 Å². The number of phenols is 2. The van der Waals surface area contributed by atoms with Crippen molar-refractivity contribution >= 4 is 17.5 Å². The van der Waals surface area contributed by atoms with Crippen LogP contribution in [0.3, 0.4) is 0 Å². The first kappa shape index (κ1) is 27.2. The van der Waals surface area contributed by atoms with Gasteiger partial charge in [-0.3, -0.25) is 14.4 Å². The number of ketones is 2. The van der Waals surface area contributed by atoms with Gasteiger partial charge in [-0.2, -0.15) is 0 Å². The van der Waals surface area contributed by atoms with Gasteiger partial charge >= 0.3 is 5.97 Å². The van der Waals surface area contributed by atoms with E-state index >= 15 is 0 Å². The predicted molar refractivity (Wildman–Crippen MR) is 132 cm³/mol. The Labute approximate surface area is 233 Å². The van der Waals surface area contributed by atoms with Gasteiger partial charge in [-0.1, -0.05) is 0 Å². The first-order valence-corrected chi connectivity index (χ1v) is 13.9. The van der Waals surface area contributed by atoms with Crippen LogP contribution in [0, 0.1) is 0 Å². The van der Waals surface area contributed by atoms with Crippen LogP contribution in [0.2, 0.25) is 0 Å². The van der Waals surface area contributed by atoms with Crippen molar-refractivity contribution in [2.45, 2.75) is 119 Å². The SMILES string of the molecule is C[C@@H]1O[C@@H](O[C@@H]2C[C@@H]3O[C@@H](C)[C@@]2(O)c2c(O)c4c(c(O)c23)C(=O)[C@]23C[C@H](CC(=O)O2)O[C@@H](C)[C@@]3(O)C4=O)CC[C@@H]1O. The first-order valence-electron chi connectivity index (χ1n) is 13.9. The summed E-state index contributed by atoms with van der Waals surface area (Å²) >= 11 is 0. The van der Waals surface area contributed by atoms with Crippen LogP contribution >= 0.6 is 0 Å². The number of aromatic hydroxyl groups is 2. The van der Waals surface area contributed by atoms with Crippen molar-refractivity contribution in [1.29, 1.82) is 0 Å². The van der Waals surface area contributed by atoms with Gasteiger partial charge in [-0.25, -0.2) is 0 Å². The summed E-state index contributed by atoms with van der Waals surface area (Å²) in [6.07, 6.45) is -6.80. The number of hydrogen-bond donors (Lipinski definition) is 5. The number of aliphatic hydroxyl groups is 3. The maximum Gasteiger partial charge on any atom is 0.309 e. The standard InChI is InChI=1S/C28H32O13/c1-9-13(29)4-5-17(37-9)40-15-7-14-18-21(27(15,35)10(2)39-14)23(32)20-19(22(18)31)24(33)26-8-12(6-16(30)41-26)38-11(3)28(26,36)25(20)34/h9-15,17,29,31-32,35-36H,4-8H2,1-3H3/t9-,10-,11-,12-,13-,14-,15+,17-,26-,27-,28+/m0/s1. The molecule has 222 valence electrons. The molecule has 1 aromatic carbocycles. The molecule has 1 spiro atoms. The molecule has 2 aliphatic carbocycles. The lowest BCUT2D eigenvalue weighted by atomic mass is 9.58. The Morgan fingerprint density at radius 2 is 1.61 bits per heavy atom. The number of fused-ring (bicyclic) bond motifs is 4. The third kappa shape index (κ3) is 3.17. The van der Waals surface area contributed by atoms with Gasteiger partial charge in [0.05, 0.1) is 60.3 Å². The fourth-order valence-corrected chi connectivity index (χ4v) is 7.85. The summed E-state index contributed by atoms with van der Waals surface area (Å²) in [6.45, 7) is 4.60. The highest BCUT2D eigenvalue weighted by molar-refractivity contribution is 6.25. The largest absolute Gasteiger partial charge is 0.507 e. The number of carbonyl (C=O) groups excluding carboxylic acids is 3. The number of hydrogen-bond acceptors (Lipinski definition) is 13. The highest BCUT2D eigenvalue weighted by atomic mass is 16.7. The second-order valence-corrected chi connectivity index (χ2v) is 12.1. The maximum absolute atomic E-state index is 14.1. The summed E-state index contributed by atoms with van der Waals surface area (Å²) in [5.41, 5.74) is -8.83. The van der Waals surface area contributed by atoms with E-state index in [0.717, 1.165) is 0 Å². The molecule has 5 heterocycles. The molecule has 0 amide bonds. The molecule has 4 bridgehead atoms. The third-order valence-corrected chi connectivity index (χ3v) is 10.0. The van der Waals surface area contributed by atoms with Crippen molar-refractivity contribution in [2.24, 2.45) is 0 Å². The number of esters is 1. The van der Waals surface area contributed by atoms with Crippen LogP contribution in [0.1, 0.15) is 90.8 Å². The summed E-state index contributed by atoms with van der Waals surface area (Å²) in [4.78, 5) is 40.7. The molecule has 4 fully saturated rings. The Bertz CT molecular complexity index is 1390. The molecule has 8 rings (SSSR count). The highest BCUT2D eigenvalue weighted by Gasteiger charge is 2.75. The Morgan fingerprint density at radius 1 is 0.902 bits per heavy atom. The highest BCUT2D eigenvalue weighted by Crippen LogP contribution is 2.62. The lowest BCUT2D eigenvalue weighted by molar-refractivity contribution is -0.311. The van der Waals surface area contributed by atoms with Crippen molar-refractivity contribution < 1.29 is 63.6 Å². The fourth-order valence-electron chi connectivity index (χ4n) is 7.85. The van der Waals surface area contributed by atoms with Gasteiger partial charge in [-0.05, 0) is 27.2 Å². The topological polar surface area (TPSA) is 199 Å². The Hall–Kier alpha value is -2.65. The van der Waals surface area contributed by atoms with Crippen LogP contribution in [0.25, 0.3) is 0 Å². The Balaban J connectivity index is 1.39. The van der Waals surface area contributed by atoms with Crippen molar-refractivity contribution in [1.82, 2.24) is 0 Å². The second-order valence-electron chi connectivity index (χ2n) is 12.1. The molecule has 0 radical (unpaired) electrons. The van der Waals surface area contributed by atoms with Crippen molar-refractivity contribution in [3.8, 4) is 11.5 Å². The first-order chi connectivity index (χ1) is 19.3. The van der Waals surface area contributed by atoms with E-state index in [0.29, 0.717) is 12.8 Å². The van der Waals surface area contributed by atoms with Gasteiger partial charge in [0.15, 0.2) is 6.29 Å². The molecule has 7 aliphatic rings. The van der Waals surface area contributed by atoms with E-state index in [2.05, 4.69) is 0 Å². The molecule has 5 aliphatic heterocycles. The van der Waals surface area contributed by atoms with E-state index in [1.165, 1.54) is 6.92 Å². The van der Waals surface area contributed by atoms with E-state index in [9.17, 15) is 39.9 Å². The van der Waals surface area contributed by atoms with Crippen molar-refractivity contribution in [2.75, 3.05) is 0 Å². The smallest absolute Gasteiger partial charge is 0.309 e. The zero-order valence-corrected chi connectivity index (χ0v) is 22.7. The average Bonchev–Trinajstić information content (AvgIpc) is 2.90. The maximum atomic E-state index is 14.1. The van der Waals surface area contributed by atoms with E-state index in [1.807, 2.05) is 0 Å². The minimum Gasteiger partial charge on any atom is -0.507 e. The zero-order valence-electron chi connectivity index (χ0n) is 22.7. The molecule has 0 aromatic heterocycles. The molecule has 4 saturated heterocycles. The number of phenolic OH excluding ortho intramolecular Hbond substituents is 2. The zero-order chi connectivity index (χ0) is 29.4. The van der Waals surface area contributed by atoms with E-state index in [-0.39, 0.29) is 30.4 Å². The molecule has 0 unspecified atom stereocenters. The normalized spacial score (nSPS) is 46.4. The minimum atomic E-state index is -2.71. The number of carbonyl (C=O) groups is 3. The molecule has 13 heteroatoms. The van der Waals surface area contributed by atoms with Crippen LogP contribution in [-0.2, 0) is 34.1 Å². The fraction of sp³-hybridized carbons (Fsp3) is 0.679. The molecular weight excluding hydrogens is 544 g/mol. The van der Waals surface area contributed by atoms with Gasteiger partial charge in [0.1, 0.15) is 17.1 Å². The van der Waals surface area contributed by atoms with Crippen molar-refractivity contribution in [3.05, 3.63) is 22.3 Å². The molecule has 0 saturated carbocycles. The number of rotatable bonds is 2. The lowest BCUT2D eigenvalue weighted by Gasteiger charge is -2.57. The van der Waals surface area contributed by atoms with Gasteiger partial charge in [0.25, 0.3) is 0 Å². The Kier molecular flexibility index (Phi) is 5.62. The van der Waals surface area contributed by atoms with Crippen LogP contribution in [0.4, 0.5) is 0 Å². The molecular formula is C28H32O13. The third-order valence-electron chi connectivity index (χ3n) is 10.0. The lowest BCUT2D eigenvalue weighted by Crippen LogP contribution is -2.78. The number of aliphatic hydroxyl groups excluding tert-OH is 1. The van der Waals surface area contributed by atoms with Crippen LogP contribution in [-0.4, -0.2) is 97.2 Å². The summed E-state index contributed by atoms with van der Waals surface area (Å²) in [6, 6.07) is 0. The van der Waals surface area contributed by atoms with Crippen molar-refractivity contribution in [3.63, 3.8) is 0 Å². The van der Waals surface area contributed by atoms with Gasteiger partial charge < -0.3 is 49.2 Å². The van der Waals surface area contributed by atoms with E-state index in [1.54, 1.807) is 13.8 Å². The van der Waals surface area contributed by atoms with E-state index < -0.39 is 106 Å². The second kappa shape index (κ2) is 8.47. The number of benzene rings is 1. The summed E-state index contributed by atoms with van der Waals surface area (Å²) in [5.74, 6) is -4.60. The number of ether oxygens (including phenoxy) is 5. The number of Topliss-reactive ketones (excluding diaryl/α,β-unsaturated/α-hetero) is 2. The summed E-state index contributed by atoms with van der Waals surface area (Å²) < 4.78 is 29.1. The average molecular weight is 577 g/mol. The summed E-state index contributed by atoms with van der Waals surface area (Å²) in [5, 5.41) is 57.3.